The van der Waals surface area contributed by atoms with Gasteiger partial charge in [-0.05, 0) is 12.5 Å². The van der Waals surface area contributed by atoms with Gasteiger partial charge in [-0.3, -0.25) is 9.69 Å². The smallest absolute Gasteiger partial charge is 0.247 e. The van der Waals surface area contributed by atoms with E-state index in [1.165, 1.54) is 19.3 Å². The number of hydrogen-bond acceptors (Lipinski definition) is 6. The van der Waals surface area contributed by atoms with Crippen LogP contribution in [-0.4, -0.2) is 26.8 Å². The van der Waals surface area contributed by atoms with Crippen LogP contribution in [0.3, 0.4) is 0 Å². The normalized spacial score (nSPS) is 14.9. The van der Waals surface area contributed by atoms with E-state index in [-0.39, 0.29) is 5.91 Å². The van der Waals surface area contributed by atoms with Crippen LogP contribution < -0.4 is 9.64 Å². The molecule has 1 aromatic heterocycles. The molecule has 160 valence electrons. The molecule has 6 nitrogen and oxygen atoms in total. The number of para-hydroxylation sites is 1. The number of thioether (sulfide) groups is 1. The van der Waals surface area contributed by atoms with Crippen LogP contribution in [-0.2, 0) is 4.79 Å². The highest BCUT2D eigenvalue weighted by molar-refractivity contribution is 7.99. The molecule has 2 aromatic carbocycles. The fraction of sp³-hybridized carbons (Fsp3) is 0.333. The highest BCUT2D eigenvalue weighted by atomic mass is 32.2. The lowest BCUT2D eigenvalue weighted by Gasteiger charge is -2.29. The van der Waals surface area contributed by atoms with E-state index in [1.54, 1.807) is 23.6 Å². The molecule has 1 amide bonds. The highest BCUT2D eigenvalue weighted by Crippen LogP contribution is 2.43. The lowest BCUT2D eigenvalue weighted by molar-refractivity contribution is -0.118. The van der Waals surface area contributed by atoms with Gasteiger partial charge in [0.2, 0.25) is 23.2 Å². The molecule has 0 fully saturated rings. The van der Waals surface area contributed by atoms with Crippen LogP contribution in [0.25, 0.3) is 11.3 Å². The number of ether oxygens (including phenoxy) is 1. The molecule has 0 bridgehead atoms. The molecule has 0 N–H and O–H groups in total. The number of nitrogens with zero attached hydrogens (tertiary/aromatic N) is 4. The number of carbonyl (C=O) groups excluding carboxylic acids is 1. The minimum absolute atomic E-state index is 0.118. The van der Waals surface area contributed by atoms with Gasteiger partial charge in [0.15, 0.2) is 5.69 Å². The van der Waals surface area contributed by atoms with E-state index in [4.69, 9.17) is 4.74 Å². The van der Waals surface area contributed by atoms with Crippen molar-refractivity contribution >= 4 is 23.4 Å². The molecule has 1 atom stereocenters. The fourth-order valence-corrected chi connectivity index (χ4v) is 4.42. The van der Waals surface area contributed by atoms with E-state index >= 15 is 0 Å². The third kappa shape index (κ3) is 4.71. The molecule has 0 saturated heterocycles. The van der Waals surface area contributed by atoms with Crippen molar-refractivity contribution < 1.29 is 9.53 Å². The van der Waals surface area contributed by atoms with E-state index in [1.807, 2.05) is 54.6 Å². The van der Waals surface area contributed by atoms with E-state index in [0.717, 1.165) is 29.0 Å². The largest absolute Gasteiger partial charge is 0.447 e. The number of hydrogen-bond donors (Lipinski definition) is 0. The Labute approximate surface area is 187 Å². The molecule has 0 aliphatic carbocycles. The Balaban J connectivity index is 1.73. The van der Waals surface area contributed by atoms with Gasteiger partial charge < -0.3 is 4.74 Å². The van der Waals surface area contributed by atoms with Gasteiger partial charge in [0.05, 0.1) is 5.69 Å². The third-order valence-corrected chi connectivity index (χ3v) is 6.09. The lowest BCUT2D eigenvalue weighted by Crippen LogP contribution is -2.36. The summed E-state index contributed by atoms with van der Waals surface area (Å²) < 4.78 is 6.36. The van der Waals surface area contributed by atoms with Gasteiger partial charge in [-0.1, -0.05) is 86.5 Å². The predicted molar refractivity (Wildman–Crippen MR) is 123 cm³/mol. The van der Waals surface area contributed by atoms with Crippen molar-refractivity contribution in [2.75, 3.05) is 10.7 Å². The summed E-state index contributed by atoms with van der Waals surface area (Å²) in [5.74, 6) is 1.22. The number of amides is 1. The first kappa shape index (κ1) is 21.3. The highest BCUT2D eigenvalue weighted by Gasteiger charge is 2.34. The van der Waals surface area contributed by atoms with Gasteiger partial charge >= 0.3 is 0 Å². The Kier molecular flexibility index (Phi) is 6.82. The molecule has 3 aromatic rings. The summed E-state index contributed by atoms with van der Waals surface area (Å²) >= 11 is 1.59. The average Bonchev–Trinajstić information content (AvgIpc) is 2.94. The topological polar surface area (TPSA) is 68.2 Å². The SMILES string of the molecule is CCCCCCSc1nnc2c(n1)O[C@@H](c1ccccc1)N(C(C)=O)c1ccccc1-2. The van der Waals surface area contributed by atoms with Gasteiger partial charge in [0.25, 0.3) is 0 Å². The van der Waals surface area contributed by atoms with E-state index in [2.05, 4.69) is 22.1 Å². The molecule has 7 heteroatoms. The van der Waals surface area contributed by atoms with Crippen LogP contribution in [0.5, 0.6) is 5.88 Å². The van der Waals surface area contributed by atoms with Crippen LogP contribution in [0.2, 0.25) is 0 Å². The minimum atomic E-state index is -0.639. The first-order chi connectivity index (χ1) is 15.2. The number of rotatable bonds is 7. The Morgan fingerprint density at radius 2 is 1.81 bits per heavy atom. The summed E-state index contributed by atoms with van der Waals surface area (Å²) in [6.07, 6.45) is 4.13. The van der Waals surface area contributed by atoms with E-state index in [9.17, 15) is 4.79 Å². The van der Waals surface area contributed by atoms with Crippen LogP contribution in [0.4, 0.5) is 5.69 Å². The number of anilines is 1. The molecule has 31 heavy (non-hydrogen) atoms. The standard InChI is InChI=1S/C24H26N4O2S/c1-3-4-5-11-16-31-24-25-22-21(26-27-24)19-14-9-10-15-20(19)28(17(2)29)23(30-22)18-12-7-6-8-13-18/h6-10,12-15,23H,3-5,11,16H2,1-2H3/t23-/m0/s1. The summed E-state index contributed by atoms with van der Waals surface area (Å²) in [5, 5.41) is 9.39. The lowest BCUT2D eigenvalue weighted by atomic mass is 10.1. The minimum Gasteiger partial charge on any atom is -0.447 e. The van der Waals surface area contributed by atoms with E-state index < -0.39 is 6.23 Å². The van der Waals surface area contributed by atoms with Crippen LogP contribution in [0.15, 0.2) is 59.8 Å². The summed E-state index contributed by atoms with van der Waals surface area (Å²) in [6, 6.07) is 17.4. The molecule has 0 spiro atoms. The van der Waals surface area contributed by atoms with Gasteiger partial charge in [0.1, 0.15) is 0 Å². The number of fused-ring (bicyclic) bond motifs is 3. The quantitative estimate of drug-likeness (QED) is 0.353. The van der Waals surface area contributed by atoms with Crippen molar-refractivity contribution in [2.24, 2.45) is 0 Å². The summed E-state index contributed by atoms with van der Waals surface area (Å²) in [7, 11) is 0. The number of carbonyl (C=O) groups is 1. The van der Waals surface area contributed by atoms with Crippen molar-refractivity contribution in [3.05, 3.63) is 60.2 Å². The Hall–Kier alpha value is -2.93. The summed E-state index contributed by atoms with van der Waals surface area (Å²) in [4.78, 5) is 19.1. The molecule has 4 rings (SSSR count). The second-order valence-corrected chi connectivity index (χ2v) is 8.51. The van der Waals surface area contributed by atoms with Crippen LogP contribution in [0, 0.1) is 0 Å². The summed E-state index contributed by atoms with van der Waals surface area (Å²) in [5.41, 5.74) is 2.94. The first-order valence-corrected chi connectivity index (χ1v) is 11.7. The summed E-state index contributed by atoms with van der Waals surface area (Å²) in [6.45, 7) is 3.75. The van der Waals surface area contributed by atoms with Crippen LogP contribution >= 0.6 is 11.8 Å². The molecule has 2 heterocycles. The zero-order valence-electron chi connectivity index (χ0n) is 17.8. The molecular weight excluding hydrogens is 408 g/mol. The molecule has 0 unspecified atom stereocenters. The second-order valence-electron chi connectivity index (χ2n) is 7.44. The van der Waals surface area contributed by atoms with Crippen molar-refractivity contribution in [1.82, 2.24) is 15.2 Å². The van der Waals surface area contributed by atoms with Crippen molar-refractivity contribution in [2.45, 2.75) is 50.9 Å². The maximum atomic E-state index is 12.7. The van der Waals surface area contributed by atoms with Crippen molar-refractivity contribution in [3.63, 3.8) is 0 Å². The predicted octanol–water partition coefficient (Wildman–Crippen LogP) is 5.66. The fourth-order valence-electron chi connectivity index (χ4n) is 3.64. The number of benzene rings is 2. The maximum absolute atomic E-state index is 12.7. The molecular formula is C24H26N4O2S. The van der Waals surface area contributed by atoms with Gasteiger partial charge in [-0.2, -0.15) is 4.98 Å². The molecule has 0 saturated carbocycles. The monoisotopic (exact) mass is 434 g/mol. The Morgan fingerprint density at radius 1 is 1.03 bits per heavy atom. The molecule has 1 aliphatic heterocycles. The van der Waals surface area contributed by atoms with Crippen molar-refractivity contribution in [3.8, 4) is 17.1 Å². The first-order valence-electron chi connectivity index (χ1n) is 10.7. The zero-order chi connectivity index (χ0) is 21.6. The van der Waals surface area contributed by atoms with Gasteiger partial charge in [-0.15, -0.1) is 10.2 Å². The zero-order valence-corrected chi connectivity index (χ0v) is 18.6. The number of aromatic nitrogens is 3. The van der Waals surface area contributed by atoms with E-state index in [0.29, 0.717) is 16.7 Å². The Bertz CT molecular complexity index is 1040. The average molecular weight is 435 g/mol. The second kappa shape index (κ2) is 9.92. The molecule has 0 radical (unpaired) electrons. The Morgan fingerprint density at radius 3 is 2.58 bits per heavy atom. The number of unbranched alkanes of at least 4 members (excludes halogenated alkanes) is 3. The van der Waals surface area contributed by atoms with Gasteiger partial charge in [0, 0.05) is 23.8 Å². The third-order valence-electron chi connectivity index (χ3n) is 5.16. The van der Waals surface area contributed by atoms with Crippen LogP contribution in [0.1, 0.15) is 51.3 Å². The molecule has 1 aliphatic rings. The van der Waals surface area contributed by atoms with Gasteiger partial charge in [-0.25, -0.2) is 0 Å². The maximum Gasteiger partial charge on any atom is 0.247 e. The van der Waals surface area contributed by atoms with Crippen molar-refractivity contribution in [1.29, 1.82) is 0 Å².